The van der Waals surface area contributed by atoms with E-state index in [1.165, 1.54) is 23.5 Å². The minimum atomic E-state index is -3.60. The molecule has 1 fully saturated rings. The first-order chi connectivity index (χ1) is 12.5. The summed E-state index contributed by atoms with van der Waals surface area (Å²) in [5, 5.41) is 0.278. The topological polar surface area (TPSA) is 65.1 Å². The van der Waals surface area contributed by atoms with E-state index in [9.17, 15) is 8.42 Å². The maximum Gasteiger partial charge on any atom is 0.243 e. The summed E-state index contributed by atoms with van der Waals surface area (Å²) in [7, 11) is -2.11. The zero-order valence-corrected chi connectivity index (χ0v) is 15.7. The molecule has 0 aliphatic carbocycles. The number of sulfonamides is 1. The van der Waals surface area contributed by atoms with Crippen molar-refractivity contribution in [2.24, 2.45) is 0 Å². The van der Waals surface area contributed by atoms with E-state index < -0.39 is 10.0 Å². The van der Waals surface area contributed by atoms with Crippen molar-refractivity contribution in [3.05, 3.63) is 47.0 Å². The van der Waals surface area contributed by atoms with Crippen molar-refractivity contribution in [3.8, 4) is 17.2 Å². The average molecular weight is 396 g/mol. The molecule has 2 aromatic carbocycles. The summed E-state index contributed by atoms with van der Waals surface area (Å²) in [6.45, 7) is 1.11. The number of hydrogen-bond acceptors (Lipinski definition) is 5. The van der Waals surface area contributed by atoms with Crippen LogP contribution in [-0.4, -0.2) is 39.7 Å². The second kappa shape index (κ2) is 6.64. The molecule has 4 rings (SSSR count). The Morgan fingerprint density at radius 3 is 2.73 bits per heavy atom. The molecule has 2 aromatic rings. The minimum Gasteiger partial charge on any atom is -0.495 e. The number of rotatable bonds is 4. The highest BCUT2D eigenvalue weighted by Gasteiger charge is 2.34. The molecule has 0 amide bonds. The molecular weight excluding hydrogens is 378 g/mol. The lowest BCUT2D eigenvalue weighted by Crippen LogP contribution is -2.28. The van der Waals surface area contributed by atoms with Gasteiger partial charge < -0.3 is 14.2 Å². The Balaban J connectivity index is 1.55. The minimum absolute atomic E-state index is 0.119. The van der Waals surface area contributed by atoms with Crippen LogP contribution in [0.5, 0.6) is 17.2 Å². The van der Waals surface area contributed by atoms with Gasteiger partial charge in [-0.1, -0.05) is 17.7 Å². The van der Waals surface area contributed by atoms with Crippen molar-refractivity contribution in [1.29, 1.82) is 0 Å². The third kappa shape index (κ3) is 3.00. The Kier molecular flexibility index (Phi) is 4.46. The molecule has 138 valence electrons. The largest absolute Gasteiger partial charge is 0.495 e. The highest BCUT2D eigenvalue weighted by atomic mass is 35.5. The molecule has 0 bridgehead atoms. The molecule has 0 radical (unpaired) electrons. The number of fused-ring (bicyclic) bond motifs is 1. The smallest absolute Gasteiger partial charge is 0.243 e. The number of methoxy groups -OCH3 is 1. The summed E-state index contributed by atoms with van der Waals surface area (Å²) in [4.78, 5) is 0.176. The van der Waals surface area contributed by atoms with Crippen molar-refractivity contribution >= 4 is 21.6 Å². The van der Waals surface area contributed by atoms with E-state index >= 15 is 0 Å². The summed E-state index contributed by atoms with van der Waals surface area (Å²) in [6.07, 6.45) is 0.753. The summed E-state index contributed by atoms with van der Waals surface area (Å²) < 4.78 is 43.2. The predicted molar refractivity (Wildman–Crippen MR) is 96.7 cm³/mol. The maximum atomic E-state index is 12.9. The molecule has 2 heterocycles. The van der Waals surface area contributed by atoms with Crippen LogP contribution in [0.4, 0.5) is 0 Å². The first-order valence-corrected chi connectivity index (χ1v) is 10.0. The van der Waals surface area contributed by atoms with Crippen LogP contribution < -0.4 is 14.2 Å². The summed E-state index contributed by atoms with van der Waals surface area (Å²) in [6, 6.07) is 10.3. The molecule has 1 saturated heterocycles. The van der Waals surface area contributed by atoms with E-state index in [-0.39, 0.29) is 22.6 Å². The van der Waals surface area contributed by atoms with Gasteiger partial charge in [-0.15, -0.1) is 0 Å². The van der Waals surface area contributed by atoms with Gasteiger partial charge in [-0.3, -0.25) is 0 Å². The van der Waals surface area contributed by atoms with E-state index in [0.29, 0.717) is 24.6 Å². The van der Waals surface area contributed by atoms with Crippen LogP contribution in [-0.2, 0) is 10.0 Å². The van der Waals surface area contributed by atoms with Gasteiger partial charge in [0.25, 0.3) is 0 Å². The third-order valence-electron chi connectivity index (χ3n) is 4.78. The Labute approximate surface area is 157 Å². The van der Waals surface area contributed by atoms with Gasteiger partial charge in [-0.2, -0.15) is 4.31 Å². The quantitative estimate of drug-likeness (QED) is 0.795. The first kappa shape index (κ1) is 17.5. The molecule has 6 nitrogen and oxygen atoms in total. The van der Waals surface area contributed by atoms with Crippen molar-refractivity contribution < 1.29 is 22.6 Å². The maximum absolute atomic E-state index is 12.9. The van der Waals surface area contributed by atoms with Crippen LogP contribution in [0.3, 0.4) is 0 Å². The SMILES string of the molecule is COc1ccc(S(=O)(=O)N2CCC(c3ccc4c(c3)OCO4)C2)cc1Cl. The lowest BCUT2D eigenvalue weighted by atomic mass is 9.98. The molecule has 1 unspecified atom stereocenters. The van der Waals surface area contributed by atoms with Gasteiger partial charge in [0.05, 0.1) is 17.0 Å². The first-order valence-electron chi connectivity index (χ1n) is 8.22. The van der Waals surface area contributed by atoms with Gasteiger partial charge in [0, 0.05) is 13.1 Å². The van der Waals surface area contributed by atoms with Gasteiger partial charge in [0.1, 0.15) is 5.75 Å². The predicted octanol–water partition coefficient (Wildman–Crippen LogP) is 3.26. The highest BCUT2D eigenvalue weighted by molar-refractivity contribution is 7.89. The fourth-order valence-corrected chi connectivity index (χ4v) is 5.19. The molecular formula is C18H18ClNO5S. The molecule has 0 aromatic heterocycles. The number of halogens is 1. The van der Waals surface area contributed by atoms with Crippen LogP contribution in [0, 0.1) is 0 Å². The number of benzene rings is 2. The highest BCUT2D eigenvalue weighted by Crippen LogP contribution is 2.38. The van der Waals surface area contributed by atoms with Gasteiger partial charge in [0.15, 0.2) is 11.5 Å². The Morgan fingerprint density at radius 2 is 1.96 bits per heavy atom. The Hall–Kier alpha value is -1.96. The molecule has 1 atom stereocenters. The van der Waals surface area contributed by atoms with Gasteiger partial charge in [-0.05, 0) is 48.2 Å². The summed E-state index contributed by atoms with van der Waals surface area (Å²) >= 11 is 6.09. The van der Waals surface area contributed by atoms with E-state index in [1.54, 1.807) is 6.07 Å². The molecule has 0 spiro atoms. The number of ether oxygens (including phenoxy) is 3. The zero-order valence-electron chi connectivity index (χ0n) is 14.1. The van der Waals surface area contributed by atoms with Crippen LogP contribution in [0.25, 0.3) is 0 Å². The van der Waals surface area contributed by atoms with E-state index in [4.69, 9.17) is 25.8 Å². The molecule has 2 aliphatic heterocycles. The van der Waals surface area contributed by atoms with Crippen molar-refractivity contribution in [1.82, 2.24) is 4.31 Å². The van der Waals surface area contributed by atoms with Gasteiger partial charge in [-0.25, -0.2) is 8.42 Å². The van der Waals surface area contributed by atoms with Crippen molar-refractivity contribution in [2.45, 2.75) is 17.2 Å². The number of nitrogens with zero attached hydrogens (tertiary/aromatic N) is 1. The average Bonchev–Trinajstić information content (AvgIpc) is 3.30. The van der Waals surface area contributed by atoms with Crippen molar-refractivity contribution in [2.75, 3.05) is 27.0 Å². The standard InChI is InChI=1S/C18H18ClNO5S/c1-23-16-5-3-14(9-15(16)19)26(21,22)20-7-6-13(10-20)12-2-4-17-18(8-12)25-11-24-17/h2-5,8-9,13H,6-7,10-11H2,1H3. The molecule has 0 saturated carbocycles. The molecule has 8 heteroatoms. The zero-order chi connectivity index (χ0) is 18.3. The third-order valence-corrected chi connectivity index (χ3v) is 6.94. The van der Waals surface area contributed by atoms with E-state index in [1.807, 2.05) is 18.2 Å². The lowest BCUT2D eigenvalue weighted by molar-refractivity contribution is 0.174. The van der Waals surface area contributed by atoms with Crippen molar-refractivity contribution in [3.63, 3.8) is 0 Å². The summed E-state index contributed by atoms with van der Waals surface area (Å²) in [5.41, 5.74) is 1.06. The normalized spacial score (nSPS) is 19.7. The Bertz CT molecular complexity index is 947. The fourth-order valence-electron chi connectivity index (χ4n) is 3.34. The number of hydrogen-bond donors (Lipinski definition) is 0. The van der Waals surface area contributed by atoms with Crippen LogP contribution in [0.15, 0.2) is 41.3 Å². The van der Waals surface area contributed by atoms with Crippen LogP contribution in [0.2, 0.25) is 5.02 Å². The monoisotopic (exact) mass is 395 g/mol. The van der Waals surface area contributed by atoms with Gasteiger partial charge in [0.2, 0.25) is 16.8 Å². The van der Waals surface area contributed by atoms with E-state index in [2.05, 4.69) is 0 Å². The summed E-state index contributed by atoms with van der Waals surface area (Å²) in [5.74, 6) is 2.01. The Morgan fingerprint density at radius 1 is 1.15 bits per heavy atom. The van der Waals surface area contributed by atoms with Crippen LogP contribution in [0.1, 0.15) is 17.9 Å². The fraction of sp³-hybridized carbons (Fsp3) is 0.333. The molecule has 0 N–H and O–H groups in total. The lowest BCUT2D eigenvalue weighted by Gasteiger charge is -2.17. The second-order valence-electron chi connectivity index (χ2n) is 6.26. The molecule has 2 aliphatic rings. The molecule has 26 heavy (non-hydrogen) atoms. The van der Waals surface area contributed by atoms with E-state index in [0.717, 1.165) is 17.7 Å². The van der Waals surface area contributed by atoms with Gasteiger partial charge >= 0.3 is 0 Å². The van der Waals surface area contributed by atoms with Crippen LogP contribution >= 0.6 is 11.6 Å². The second-order valence-corrected chi connectivity index (χ2v) is 8.60.